The number of carbonyl (C=O) groups is 2. The highest BCUT2D eigenvalue weighted by Crippen LogP contribution is 2.26. The van der Waals surface area contributed by atoms with E-state index in [1.54, 1.807) is 36.4 Å². The van der Waals surface area contributed by atoms with Crippen LogP contribution in [0.1, 0.15) is 26.7 Å². The molecule has 2 aromatic carbocycles. The lowest BCUT2D eigenvalue weighted by Crippen LogP contribution is -2.41. The normalized spacial score (nSPS) is 16.1. The van der Waals surface area contributed by atoms with Gasteiger partial charge in [-0.15, -0.1) is 0 Å². The second-order valence-corrected chi connectivity index (χ2v) is 10.0. The van der Waals surface area contributed by atoms with Crippen molar-refractivity contribution in [2.24, 2.45) is 5.92 Å². The van der Waals surface area contributed by atoms with Gasteiger partial charge in [0.2, 0.25) is 10.0 Å². The third-order valence-corrected chi connectivity index (χ3v) is 7.50. The van der Waals surface area contributed by atoms with Crippen molar-refractivity contribution in [3.8, 4) is 5.75 Å². The molecule has 0 bridgehead atoms. The lowest BCUT2D eigenvalue weighted by atomic mass is 9.98. The van der Waals surface area contributed by atoms with E-state index >= 15 is 0 Å². The van der Waals surface area contributed by atoms with Crippen molar-refractivity contribution in [2.45, 2.75) is 37.7 Å². The van der Waals surface area contributed by atoms with Crippen molar-refractivity contribution in [2.75, 3.05) is 25.0 Å². The first-order valence-corrected chi connectivity index (χ1v) is 12.5. The van der Waals surface area contributed by atoms with Crippen LogP contribution >= 0.6 is 11.6 Å². The number of hydrogen-bond acceptors (Lipinski definition) is 6. The number of amides is 1. The molecule has 1 fully saturated rings. The molecule has 3 rings (SSSR count). The Kier molecular flexibility index (Phi) is 8.34. The second-order valence-electron chi connectivity index (χ2n) is 7.66. The van der Waals surface area contributed by atoms with Gasteiger partial charge < -0.3 is 14.8 Å². The SMILES string of the molecule is CCOc1ccc(S(=O)(=O)N2CCC(C(=O)OC(C)C(=O)Nc3ccc(Cl)cc3)CC2)cc1. The number of rotatable bonds is 8. The van der Waals surface area contributed by atoms with Crippen molar-refractivity contribution in [1.29, 1.82) is 0 Å². The van der Waals surface area contributed by atoms with Gasteiger partial charge in [-0.1, -0.05) is 11.6 Å². The van der Waals surface area contributed by atoms with Gasteiger partial charge in [0.15, 0.2) is 6.10 Å². The van der Waals surface area contributed by atoms with Crippen molar-refractivity contribution >= 4 is 39.2 Å². The minimum Gasteiger partial charge on any atom is -0.494 e. The van der Waals surface area contributed by atoms with Crippen molar-refractivity contribution in [3.05, 3.63) is 53.6 Å². The van der Waals surface area contributed by atoms with E-state index in [0.717, 1.165) is 0 Å². The summed E-state index contributed by atoms with van der Waals surface area (Å²) in [7, 11) is -3.66. The molecule has 0 aromatic heterocycles. The molecule has 0 aliphatic carbocycles. The van der Waals surface area contributed by atoms with Crippen LogP contribution in [0.5, 0.6) is 5.75 Å². The van der Waals surface area contributed by atoms with E-state index in [4.69, 9.17) is 21.1 Å². The molecule has 178 valence electrons. The zero-order valence-electron chi connectivity index (χ0n) is 18.5. The minimum absolute atomic E-state index is 0.180. The fourth-order valence-corrected chi connectivity index (χ4v) is 5.05. The summed E-state index contributed by atoms with van der Waals surface area (Å²) < 4.78 is 37.9. The van der Waals surface area contributed by atoms with Gasteiger partial charge in [0, 0.05) is 23.8 Å². The summed E-state index contributed by atoms with van der Waals surface area (Å²) >= 11 is 5.83. The van der Waals surface area contributed by atoms with Gasteiger partial charge in [-0.25, -0.2) is 8.42 Å². The van der Waals surface area contributed by atoms with Crippen LogP contribution in [0, 0.1) is 5.92 Å². The molecule has 1 N–H and O–H groups in total. The maximum Gasteiger partial charge on any atom is 0.309 e. The lowest BCUT2D eigenvalue weighted by Gasteiger charge is -2.30. The molecule has 1 atom stereocenters. The Bertz CT molecular complexity index is 1070. The van der Waals surface area contributed by atoms with Crippen molar-refractivity contribution in [3.63, 3.8) is 0 Å². The molecule has 1 amide bonds. The van der Waals surface area contributed by atoms with Crippen LogP contribution in [-0.2, 0) is 24.3 Å². The average molecular weight is 495 g/mol. The highest BCUT2D eigenvalue weighted by atomic mass is 35.5. The first-order chi connectivity index (χ1) is 15.7. The van der Waals surface area contributed by atoms with Gasteiger partial charge in [-0.3, -0.25) is 9.59 Å². The number of benzene rings is 2. The Labute approximate surface area is 198 Å². The number of ether oxygens (including phenoxy) is 2. The monoisotopic (exact) mass is 494 g/mol. The first kappa shape index (κ1) is 25.0. The van der Waals surface area contributed by atoms with Crippen LogP contribution in [0.3, 0.4) is 0 Å². The quantitative estimate of drug-likeness (QED) is 0.561. The van der Waals surface area contributed by atoms with Gasteiger partial charge in [0.1, 0.15) is 5.75 Å². The summed E-state index contributed by atoms with van der Waals surface area (Å²) in [4.78, 5) is 25.0. The molecule has 1 unspecified atom stereocenters. The molecule has 1 heterocycles. The van der Waals surface area contributed by atoms with Gasteiger partial charge in [0.25, 0.3) is 5.91 Å². The first-order valence-electron chi connectivity index (χ1n) is 10.7. The number of nitrogens with zero attached hydrogens (tertiary/aromatic N) is 1. The summed E-state index contributed by atoms with van der Waals surface area (Å²) in [5.74, 6) is -0.831. The third kappa shape index (κ3) is 6.46. The zero-order valence-corrected chi connectivity index (χ0v) is 20.1. The Morgan fingerprint density at radius 3 is 2.27 bits per heavy atom. The number of esters is 1. The summed E-state index contributed by atoms with van der Waals surface area (Å²) in [6, 6.07) is 12.9. The summed E-state index contributed by atoms with van der Waals surface area (Å²) in [6.07, 6.45) is -0.347. The molecular weight excluding hydrogens is 468 g/mol. The highest BCUT2D eigenvalue weighted by molar-refractivity contribution is 7.89. The summed E-state index contributed by atoms with van der Waals surface area (Å²) in [5.41, 5.74) is 0.542. The molecule has 1 aliphatic heterocycles. The van der Waals surface area contributed by atoms with E-state index in [0.29, 0.717) is 35.9 Å². The number of anilines is 1. The maximum atomic E-state index is 12.9. The highest BCUT2D eigenvalue weighted by Gasteiger charge is 2.34. The van der Waals surface area contributed by atoms with Crippen LogP contribution in [0.15, 0.2) is 53.4 Å². The minimum atomic E-state index is -3.66. The predicted molar refractivity (Wildman–Crippen MR) is 125 cm³/mol. The zero-order chi connectivity index (χ0) is 24.0. The van der Waals surface area contributed by atoms with E-state index in [1.807, 2.05) is 6.92 Å². The second kappa shape index (κ2) is 11.0. The van der Waals surface area contributed by atoms with Crippen LogP contribution in [0.2, 0.25) is 5.02 Å². The largest absolute Gasteiger partial charge is 0.494 e. The van der Waals surface area contributed by atoms with E-state index in [9.17, 15) is 18.0 Å². The molecule has 1 saturated heterocycles. The lowest BCUT2D eigenvalue weighted by molar-refractivity contribution is -0.158. The van der Waals surface area contributed by atoms with Gasteiger partial charge >= 0.3 is 5.97 Å². The van der Waals surface area contributed by atoms with Gasteiger partial charge in [-0.2, -0.15) is 4.31 Å². The van der Waals surface area contributed by atoms with E-state index in [1.165, 1.54) is 23.4 Å². The summed E-state index contributed by atoms with van der Waals surface area (Å²) in [6.45, 7) is 4.24. The smallest absolute Gasteiger partial charge is 0.309 e. The van der Waals surface area contributed by atoms with E-state index in [-0.39, 0.29) is 18.0 Å². The fraction of sp³-hybridized carbons (Fsp3) is 0.391. The molecule has 8 nitrogen and oxygen atoms in total. The molecular formula is C23H27ClN2O6S. The van der Waals surface area contributed by atoms with Crippen LogP contribution in [-0.4, -0.2) is 50.4 Å². The number of hydrogen-bond donors (Lipinski definition) is 1. The molecule has 1 aliphatic rings. The summed E-state index contributed by atoms with van der Waals surface area (Å²) in [5, 5.41) is 3.21. The number of carbonyl (C=O) groups excluding carboxylic acids is 2. The molecule has 0 radical (unpaired) electrons. The average Bonchev–Trinajstić information content (AvgIpc) is 2.81. The Balaban J connectivity index is 1.51. The fourth-order valence-electron chi connectivity index (χ4n) is 3.46. The van der Waals surface area contributed by atoms with E-state index in [2.05, 4.69) is 5.32 Å². The number of halogens is 1. The number of piperidine rings is 1. The van der Waals surface area contributed by atoms with Gasteiger partial charge in [0.05, 0.1) is 17.4 Å². The van der Waals surface area contributed by atoms with Crippen molar-refractivity contribution in [1.82, 2.24) is 4.31 Å². The standard InChI is InChI=1S/C23H27ClN2O6S/c1-3-31-20-8-10-21(11-9-20)33(29,30)26-14-12-17(13-15-26)23(28)32-16(2)22(27)25-19-6-4-18(24)5-7-19/h4-11,16-17H,3,12-15H2,1-2H3,(H,25,27). The molecule has 2 aromatic rings. The van der Waals surface area contributed by atoms with Crippen LogP contribution in [0.25, 0.3) is 0 Å². The van der Waals surface area contributed by atoms with E-state index < -0.39 is 33.9 Å². The predicted octanol–water partition coefficient (Wildman–Crippen LogP) is 3.71. The van der Waals surface area contributed by atoms with Crippen molar-refractivity contribution < 1.29 is 27.5 Å². The third-order valence-electron chi connectivity index (χ3n) is 5.33. The Morgan fingerprint density at radius 2 is 1.70 bits per heavy atom. The topological polar surface area (TPSA) is 102 Å². The Hall–Kier alpha value is -2.62. The molecule has 0 spiro atoms. The molecule has 33 heavy (non-hydrogen) atoms. The molecule has 0 saturated carbocycles. The number of nitrogens with one attached hydrogen (secondary N) is 1. The maximum absolute atomic E-state index is 12.9. The molecule has 10 heteroatoms. The Morgan fingerprint density at radius 1 is 1.09 bits per heavy atom. The van der Waals surface area contributed by atoms with Gasteiger partial charge in [-0.05, 0) is 75.2 Å². The number of sulfonamides is 1. The van der Waals surface area contributed by atoms with Crippen LogP contribution in [0.4, 0.5) is 5.69 Å². The van der Waals surface area contributed by atoms with Crippen LogP contribution < -0.4 is 10.1 Å².